The van der Waals surface area contributed by atoms with Gasteiger partial charge in [0.15, 0.2) is 6.61 Å². The molecule has 1 unspecified atom stereocenters. The van der Waals surface area contributed by atoms with Crippen LogP contribution in [0, 0.1) is 5.41 Å². The molecule has 0 aromatic rings. The topological polar surface area (TPSA) is 85.3 Å². The predicted molar refractivity (Wildman–Crippen MR) is 89.3 cm³/mol. The van der Waals surface area contributed by atoms with Crippen LogP contribution < -0.4 is 0 Å². The molecule has 8 heteroatoms. The Kier molecular flexibility index (Phi) is 8.41. The van der Waals surface area contributed by atoms with Gasteiger partial charge in [-0.3, -0.25) is 9.40 Å². The van der Waals surface area contributed by atoms with E-state index < -0.39 is 36.9 Å². The number of carboxylic acids is 1. The zero-order chi connectivity index (χ0) is 18.5. The lowest BCUT2D eigenvalue weighted by atomic mass is 9.94. The van der Waals surface area contributed by atoms with Crippen LogP contribution in [0.25, 0.3) is 0 Å². The van der Waals surface area contributed by atoms with Crippen molar-refractivity contribution in [3.05, 3.63) is 0 Å². The van der Waals surface area contributed by atoms with E-state index in [9.17, 15) is 9.36 Å². The Morgan fingerprint density at radius 1 is 1.09 bits per heavy atom. The molecule has 1 N–H and O–H groups in total. The molecule has 0 spiro atoms. The van der Waals surface area contributed by atoms with E-state index in [0.717, 1.165) is 0 Å². The molecule has 0 radical (unpaired) electrons. The van der Waals surface area contributed by atoms with Crippen molar-refractivity contribution < 1.29 is 28.4 Å². The Labute approximate surface area is 139 Å². The lowest BCUT2D eigenvalue weighted by Gasteiger charge is -2.47. The number of hydroxylamine groups is 2. The first-order chi connectivity index (χ1) is 10.3. The maximum atomic E-state index is 13.4. The summed E-state index contributed by atoms with van der Waals surface area (Å²) >= 11 is 0. The van der Waals surface area contributed by atoms with Gasteiger partial charge in [0.25, 0.3) is 0 Å². The molecule has 1 atom stereocenters. The van der Waals surface area contributed by atoms with Crippen LogP contribution in [0.15, 0.2) is 0 Å². The number of hydrogen-bond donors (Lipinski definition) is 1. The number of carbonyl (C=O) groups is 1. The van der Waals surface area contributed by atoms with E-state index in [4.69, 9.17) is 19.0 Å². The summed E-state index contributed by atoms with van der Waals surface area (Å²) in [4.78, 5) is 16.4. The van der Waals surface area contributed by atoms with Crippen molar-refractivity contribution in [2.45, 2.75) is 66.7 Å². The van der Waals surface area contributed by atoms with Crippen LogP contribution in [0.1, 0.15) is 55.4 Å². The molecule has 0 saturated heterocycles. The molecule has 0 saturated carbocycles. The summed E-state index contributed by atoms with van der Waals surface area (Å²) < 4.78 is 24.4. The van der Waals surface area contributed by atoms with Crippen LogP contribution in [0.3, 0.4) is 0 Å². The van der Waals surface area contributed by atoms with Crippen molar-refractivity contribution in [3.63, 3.8) is 0 Å². The standard InChI is InChI=1S/C15H32NO6P/c1-9-21-23(19,22-10-2)13(14(3,4)5)16(15(6,7)8)20-11-12(17)18/h13H,9-11H2,1-8H3,(H,17,18). The molecule has 0 aliphatic rings. The minimum absolute atomic E-state index is 0.223. The summed E-state index contributed by atoms with van der Waals surface area (Å²) in [5.41, 5.74) is -1.14. The molecule has 0 rings (SSSR count). The quantitative estimate of drug-likeness (QED) is 0.499. The third-order valence-electron chi connectivity index (χ3n) is 2.90. The zero-order valence-corrected chi connectivity index (χ0v) is 16.5. The predicted octanol–water partition coefficient (Wildman–Crippen LogP) is 3.74. The molecule has 0 aliphatic carbocycles. The minimum atomic E-state index is -3.56. The van der Waals surface area contributed by atoms with Gasteiger partial charge in [0, 0.05) is 5.54 Å². The first-order valence-corrected chi connectivity index (χ1v) is 9.43. The van der Waals surface area contributed by atoms with E-state index >= 15 is 0 Å². The Morgan fingerprint density at radius 3 is 1.78 bits per heavy atom. The van der Waals surface area contributed by atoms with Crippen molar-refractivity contribution in [2.75, 3.05) is 19.8 Å². The molecule has 0 amide bonds. The molecule has 138 valence electrons. The highest BCUT2D eigenvalue weighted by atomic mass is 31.2. The van der Waals surface area contributed by atoms with Crippen molar-refractivity contribution in [2.24, 2.45) is 5.41 Å². The monoisotopic (exact) mass is 353 g/mol. The molecule has 0 aromatic carbocycles. The Bertz CT molecular complexity index is 417. The molecule has 0 bridgehead atoms. The highest BCUT2D eigenvalue weighted by Crippen LogP contribution is 2.60. The van der Waals surface area contributed by atoms with E-state index in [1.807, 2.05) is 41.5 Å². The second-order valence-corrected chi connectivity index (χ2v) is 9.36. The van der Waals surface area contributed by atoms with Gasteiger partial charge in [-0.2, -0.15) is 5.06 Å². The molecule has 0 heterocycles. The van der Waals surface area contributed by atoms with Crippen LogP contribution in [0.2, 0.25) is 0 Å². The normalized spacial score (nSPS) is 15.0. The number of aliphatic carboxylic acids is 1. The Balaban J connectivity index is 5.96. The van der Waals surface area contributed by atoms with Crippen molar-refractivity contribution in [3.8, 4) is 0 Å². The summed E-state index contributed by atoms with van der Waals surface area (Å²) in [7, 11) is -3.56. The van der Waals surface area contributed by atoms with Gasteiger partial charge in [0.05, 0.1) is 13.2 Å². The fourth-order valence-electron chi connectivity index (χ4n) is 2.25. The lowest BCUT2D eigenvalue weighted by molar-refractivity contribution is -0.239. The maximum Gasteiger partial charge on any atom is 0.350 e. The maximum absolute atomic E-state index is 13.4. The molecule has 0 aliphatic heterocycles. The van der Waals surface area contributed by atoms with Gasteiger partial charge in [-0.25, -0.2) is 4.79 Å². The van der Waals surface area contributed by atoms with Crippen molar-refractivity contribution in [1.82, 2.24) is 5.06 Å². The summed E-state index contributed by atoms with van der Waals surface area (Å²) in [5.74, 6) is -1.86. The number of nitrogens with zero attached hydrogens (tertiary/aromatic N) is 1. The molecule has 23 heavy (non-hydrogen) atoms. The highest BCUT2D eigenvalue weighted by Gasteiger charge is 2.51. The van der Waals surface area contributed by atoms with Gasteiger partial charge in [-0.1, -0.05) is 20.8 Å². The van der Waals surface area contributed by atoms with Gasteiger partial charge in [0.2, 0.25) is 0 Å². The van der Waals surface area contributed by atoms with E-state index in [2.05, 4.69) is 0 Å². The van der Waals surface area contributed by atoms with E-state index in [-0.39, 0.29) is 13.2 Å². The number of hydrogen-bond acceptors (Lipinski definition) is 6. The second kappa shape index (κ2) is 8.58. The minimum Gasteiger partial charge on any atom is -0.479 e. The average Bonchev–Trinajstić information content (AvgIpc) is 2.31. The molecule has 0 fully saturated rings. The zero-order valence-electron chi connectivity index (χ0n) is 15.6. The third kappa shape index (κ3) is 6.89. The van der Waals surface area contributed by atoms with Crippen LogP contribution in [0.4, 0.5) is 0 Å². The van der Waals surface area contributed by atoms with Crippen LogP contribution >= 0.6 is 7.60 Å². The third-order valence-corrected chi connectivity index (χ3v) is 5.72. The molecule has 0 aromatic heterocycles. The second-order valence-electron chi connectivity index (χ2n) is 7.28. The summed E-state index contributed by atoms with van der Waals surface area (Å²) in [5, 5.41) is 10.4. The molecular formula is C15H32NO6P. The fourth-order valence-corrected chi connectivity index (χ4v) is 4.94. The Morgan fingerprint density at radius 2 is 1.52 bits per heavy atom. The number of rotatable bonds is 9. The number of carboxylic acid groups (broad SMARTS) is 1. The van der Waals surface area contributed by atoms with Crippen LogP contribution in [-0.4, -0.2) is 47.3 Å². The van der Waals surface area contributed by atoms with Gasteiger partial charge in [-0.05, 0) is 40.0 Å². The smallest absolute Gasteiger partial charge is 0.350 e. The SMILES string of the molecule is CCOP(=O)(OCC)C(N(OCC(=O)O)C(C)(C)C)C(C)(C)C. The highest BCUT2D eigenvalue weighted by molar-refractivity contribution is 7.54. The van der Waals surface area contributed by atoms with Gasteiger partial charge in [-0.15, -0.1) is 0 Å². The summed E-state index contributed by atoms with van der Waals surface area (Å²) in [6.07, 6.45) is 0. The van der Waals surface area contributed by atoms with E-state index in [1.165, 1.54) is 5.06 Å². The summed E-state index contributed by atoms with van der Waals surface area (Å²) in [6.45, 7) is 14.7. The lowest BCUT2D eigenvalue weighted by Crippen LogP contribution is -2.53. The summed E-state index contributed by atoms with van der Waals surface area (Å²) in [6, 6.07) is 0. The van der Waals surface area contributed by atoms with Gasteiger partial charge < -0.3 is 14.2 Å². The van der Waals surface area contributed by atoms with Crippen molar-refractivity contribution >= 4 is 13.6 Å². The fraction of sp³-hybridized carbons (Fsp3) is 0.933. The van der Waals surface area contributed by atoms with Crippen LogP contribution in [0.5, 0.6) is 0 Å². The first kappa shape index (κ1) is 22.5. The average molecular weight is 353 g/mol. The molecular weight excluding hydrogens is 321 g/mol. The van der Waals surface area contributed by atoms with E-state index in [1.54, 1.807) is 13.8 Å². The molecule has 7 nitrogen and oxygen atoms in total. The van der Waals surface area contributed by atoms with Crippen LogP contribution in [-0.2, 0) is 23.2 Å². The Hall–Kier alpha value is -0.460. The first-order valence-electron chi connectivity index (χ1n) is 7.82. The van der Waals surface area contributed by atoms with Crippen molar-refractivity contribution in [1.29, 1.82) is 0 Å². The van der Waals surface area contributed by atoms with Gasteiger partial charge >= 0.3 is 13.6 Å². The van der Waals surface area contributed by atoms with Gasteiger partial charge in [0.1, 0.15) is 5.78 Å². The largest absolute Gasteiger partial charge is 0.479 e. The van der Waals surface area contributed by atoms with E-state index in [0.29, 0.717) is 0 Å².